The van der Waals surface area contributed by atoms with Crippen molar-refractivity contribution in [1.29, 1.82) is 0 Å². The van der Waals surface area contributed by atoms with Gasteiger partial charge in [0.05, 0.1) is 11.4 Å². The van der Waals surface area contributed by atoms with Crippen molar-refractivity contribution in [3.05, 3.63) is 23.2 Å². The zero-order chi connectivity index (χ0) is 15.7. The third-order valence-corrected chi connectivity index (χ3v) is 2.98. The Labute approximate surface area is 119 Å². The minimum absolute atomic E-state index is 0.161. The Morgan fingerprint density at radius 3 is 2.35 bits per heavy atom. The van der Waals surface area contributed by atoms with Crippen LogP contribution in [0.1, 0.15) is 6.92 Å². The summed E-state index contributed by atoms with van der Waals surface area (Å²) in [6, 6.07) is 4.51. The van der Waals surface area contributed by atoms with E-state index < -0.39 is 17.6 Å². The van der Waals surface area contributed by atoms with Gasteiger partial charge in [-0.3, -0.25) is 4.79 Å². The fourth-order valence-corrected chi connectivity index (χ4v) is 1.55. The minimum atomic E-state index is -4.85. The van der Waals surface area contributed by atoms with Crippen LogP contribution in [0.15, 0.2) is 18.2 Å². The molecule has 3 N–H and O–H groups in total. The van der Waals surface area contributed by atoms with Crippen LogP contribution in [-0.4, -0.2) is 31.7 Å². The molecular formula is C12H15ClF3N3O. The third kappa shape index (κ3) is 3.34. The maximum Gasteiger partial charge on any atom is 0.415 e. The van der Waals surface area contributed by atoms with E-state index in [0.29, 0.717) is 12.6 Å². The normalized spacial score (nSPS) is 14.6. The molecule has 1 aromatic rings. The summed E-state index contributed by atoms with van der Waals surface area (Å²) >= 11 is 5.79. The molecule has 1 aromatic carbocycles. The first-order chi connectivity index (χ1) is 8.96. The van der Waals surface area contributed by atoms with Gasteiger partial charge in [0.1, 0.15) is 0 Å². The molecule has 0 bridgehead atoms. The topological polar surface area (TPSA) is 58.4 Å². The van der Waals surface area contributed by atoms with Crippen LogP contribution in [-0.2, 0) is 4.79 Å². The highest BCUT2D eigenvalue weighted by molar-refractivity contribution is 6.31. The number of nitrogens with two attached hydrogens (primary N) is 1. The van der Waals surface area contributed by atoms with Gasteiger partial charge in [0, 0.05) is 19.1 Å². The molecule has 0 radical (unpaired) electrons. The highest BCUT2D eigenvalue weighted by atomic mass is 35.5. The molecule has 0 saturated carbocycles. The molecule has 0 spiro atoms. The van der Waals surface area contributed by atoms with Crippen LogP contribution in [0.2, 0.25) is 5.02 Å². The molecule has 0 aromatic heterocycles. The van der Waals surface area contributed by atoms with Gasteiger partial charge in [-0.2, -0.15) is 13.2 Å². The summed E-state index contributed by atoms with van der Waals surface area (Å²) in [6.07, 6.45) is -4.85. The summed E-state index contributed by atoms with van der Waals surface area (Å²) in [6.45, 7) is 0.613. The Morgan fingerprint density at radius 2 is 1.90 bits per heavy atom. The first-order valence-electron chi connectivity index (χ1n) is 5.60. The number of halogens is 4. The van der Waals surface area contributed by atoms with Crippen molar-refractivity contribution in [3.63, 3.8) is 0 Å². The Hall–Kier alpha value is -1.47. The lowest BCUT2D eigenvalue weighted by Crippen LogP contribution is -2.59. The average Bonchev–Trinajstić information content (AvgIpc) is 2.26. The lowest BCUT2D eigenvalue weighted by molar-refractivity contribution is -0.184. The van der Waals surface area contributed by atoms with Crippen LogP contribution in [0.3, 0.4) is 0 Å². The monoisotopic (exact) mass is 309 g/mol. The predicted molar refractivity (Wildman–Crippen MR) is 73.1 cm³/mol. The van der Waals surface area contributed by atoms with Gasteiger partial charge in [-0.05, 0) is 25.1 Å². The number of amides is 1. The zero-order valence-electron chi connectivity index (χ0n) is 11.2. The van der Waals surface area contributed by atoms with Crippen LogP contribution in [0.5, 0.6) is 0 Å². The van der Waals surface area contributed by atoms with E-state index in [0.717, 1.165) is 0 Å². The van der Waals surface area contributed by atoms with Crippen LogP contribution in [0.25, 0.3) is 0 Å². The second kappa shape index (κ2) is 5.49. The molecule has 1 rings (SSSR count). The average molecular weight is 310 g/mol. The minimum Gasteiger partial charge on any atom is -0.376 e. The van der Waals surface area contributed by atoms with Gasteiger partial charge >= 0.3 is 6.18 Å². The Morgan fingerprint density at radius 1 is 1.35 bits per heavy atom. The first kappa shape index (κ1) is 16.6. The fourth-order valence-electron chi connectivity index (χ4n) is 1.38. The second-order valence-corrected chi connectivity index (χ2v) is 5.15. The second-order valence-electron chi connectivity index (χ2n) is 4.71. The Kier molecular flexibility index (Phi) is 4.55. The van der Waals surface area contributed by atoms with Crippen molar-refractivity contribution in [2.45, 2.75) is 18.6 Å². The standard InChI is InChI=1S/C12H15ClF3N3O/c1-11(17,12(14,15)16)10(20)18-8-6-7(13)4-5-9(8)19(2)3/h4-6H,17H2,1-3H3,(H,18,20). The molecular weight excluding hydrogens is 295 g/mol. The lowest BCUT2D eigenvalue weighted by Gasteiger charge is -2.27. The first-order valence-corrected chi connectivity index (χ1v) is 5.98. The van der Waals surface area contributed by atoms with E-state index in [1.165, 1.54) is 6.07 Å². The molecule has 20 heavy (non-hydrogen) atoms. The van der Waals surface area contributed by atoms with E-state index >= 15 is 0 Å². The number of nitrogens with one attached hydrogen (secondary N) is 1. The van der Waals surface area contributed by atoms with E-state index in [9.17, 15) is 18.0 Å². The van der Waals surface area contributed by atoms with E-state index in [-0.39, 0.29) is 10.7 Å². The molecule has 1 unspecified atom stereocenters. The van der Waals surface area contributed by atoms with Crippen LogP contribution in [0, 0.1) is 0 Å². The third-order valence-electron chi connectivity index (χ3n) is 2.75. The summed E-state index contributed by atoms with van der Waals surface area (Å²) in [4.78, 5) is 13.4. The molecule has 0 saturated heterocycles. The molecule has 1 amide bonds. The fraction of sp³-hybridized carbons (Fsp3) is 0.417. The summed E-state index contributed by atoms with van der Waals surface area (Å²) in [5, 5.41) is 2.46. The molecule has 8 heteroatoms. The Balaban J connectivity index is 3.11. The van der Waals surface area contributed by atoms with Crippen molar-refractivity contribution in [1.82, 2.24) is 0 Å². The van der Waals surface area contributed by atoms with E-state index in [2.05, 4.69) is 5.32 Å². The summed E-state index contributed by atoms with van der Waals surface area (Å²) in [7, 11) is 3.37. The van der Waals surface area contributed by atoms with Crippen molar-refractivity contribution < 1.29 is 18.0 Å². The molecule has 4 nitrogen and oxygen atoms in total. The van der Waals surface area contributed by atoms with Gasteiger partial charge in [0.25, 0.3) is 5.91 Å². The van der Waals surface area contributed by atoms with Gasteiger partial charge < -0.3 is 16.0 Å². The predicted octanol–water partition coefficient (Wildman–Crippen LogP) is 2.62. The molecule has 0 aliphatic carbocycles. The van der Waals surface area contributed by atoms with Gasteiger partial charge in [-0.1, -0.05) is 11.6 Å². The van der Waals surface area contributed by atoms with Crippen molar-refractivity contribution in [2.75, 3.05) is 24.3 Å². The molecule has 0 aliphatic rings. The zero-order valence-corrected chi connectivity index (χ0v) is 11.9. The van der Waals surface area contributed by atoms with Crippen molar-refractivity contribution in [3.8, 4) is 0 Å². The molecule has 1 atom stereocenters. The van der Waals surface area contributed by atoms with Crippen molar-refractivity contribution >= 4 is 28.9 Å². The highest BCUT2D eigenvalue weighted by Crippen LogP contribution is 2.32. The lowest BCUT2D eigenvalue weighted by atomic mass is 10.0. The van der Waals surface area contributed by atoms with Crippen LogP contribution >= 0.6 is 11.6 Å². The smallest absolute Gasteiger partial charge is 0.376 e. The number of hydrogen-bond acceptors (Lipinski definition) is 3. The molecule has 112 valence electrons. The number of carbonyl (C=O) groups excluding carboxylic acids is 1. The summed E-state index contributed by atoms with van der Waals surface area (Å²) < 4.78 is 38.1. The maximum absolute atomic E-state index is 12.7. The summed E-state index contributed by atoms with van der Waals surface area (Å²) in [5.41, 5.74) is 2.75. The van der Waals surface area contributed by atoms with Crippen molar-refractivity contribution in [2.24, 2.45) is 5.73 Å². The number of carbonyl (C=O) groups is 1. The largest absolute Gasteiger partial charge is 0.415 e. The molecule has 0 fully saturated rings. The Bertz CT molecular complexity index is 515. The van der Waals surface area contributed by atoms with Gasteiger partial charge in [0.15, 0.2) is 5.54 Å². The van der Waals surface area contributed by atoms with E-state index in [4.69, 9.17) is 17.3 Å². The van der Waals surface area contributed by atoms with Crippen LogP contribution < -0.4 is 16.0 Å². The van der Waals surface area contributed by atoms with Crippen LogP contribution in [0.4, 0.5) is 24.5 Å². The number of anilines is 2. The van der Waals surface area contributed by atoms with E-state index in [1.807, 2.05) is 0 Å². The maximum atomic E-state index is 12.7. The number of alkyl halides is 3. The SMILES string of the molecule is CN(C)c1ccc(Cl)cc1NC(=O)C(C)(N)C(F)(F)F. The molecule has 0 heterocycles. The number of benzene rings is 1. The highest BCUT2D eigenvalue weighted by Gasteiger charge is 2.54. The molecule has 0 aliphatic heterocycles. The van der Waals surface area contributed by atoms with Gasteiger partial charge in [-0.25, -0.2) is 0 Å². The van der Waals surface area contributed by atoms with E-state index in [1.54, 1.807) is 31.1 Å². The quantitative estimate of drug-likeness (QED) is 0.902. The number of rotatable bonds is 3. The number of hydrogen-bond donors (Lipinski definition) is 2. The number of nitrogens with zero attached hydrogens (tertiary/aromatic N) is 1. The summed E-state index contributed by atoms with van der Waals surface area (Å²) in [5.74, 6) is -1.35. The van der Waals surface area contributed by atoms with Gasteiger partial charge in [0.2, 0.25) is 0 Å². The van der Waals surface area contributed by atoms with Gasteiger partial charge in [-0.15, -0.1) is 0 Å².